The van der Waals surface area contributed by atoms with Crippen LogP contribution in [0.3, 0.4) is 0 Å². The van der Waals surface area contributed by atoms with Crippen molar-refractivity contribution in [3.8, 4) is 5.75 Å². The Bertz CT molecular complexity index is 1130. The van der Waals surface area contributed by atoms with E-state index in [4.69, 9.17) is 11.5 Å². The molecular formula is C22H24IN3O7. The molecule has 11 heteroatoms. The maximum Gasteiger partial charge on any atom is 0.235 e. The van der Waals surface area contributed by atoms with Crippen LogP contribution < -0.4 is 11.5 Å². The summed E-state index contributed by atoms with van der Waals surface area (Å²) in [4.78, 5) is 66.8. The average Bonchev–Trinajstić information content (AvgIpc) is 2.72. The highest BCUT2D eigenvalue weighted by molar-refractivity contribution is 14.1. The Balaban J connectivity index is 1.90. The van der Waals surface area contributed by atoms with E-state index in [-0.39, 0.29) is 30.7 Å². The number of nitrogens with two attached hydrogens (primary N) is 2. The van der Waals surface area contributed by atoms with Crippen LogP contribution in [-0.2, 0) is 32.1 Å². The van der Waals surface area contributed by atoms with E-state index >= 15 is 0 Å². The van der Waals surface area contributed by atoms with E-state index in [9.17, 15) is 34.2 Å². The standard InChI is InChI=1S/C22H24IN3O7/c1-26(2)15-10-4-7-3-9-8(6-24)5-11(23)16(27)13(9)17(28)12(7)19(30)22(10,33)20(31)14(18(15)29)21(25)32/h5,7,10,12,14-15,27,33H,3-4,6,24H2,1-2H3,(H2,25,32)/t7-,10-,12?,14?,15-,22-/m0/s1. The lowest BCUT2D eigenvalue weighted by Gasteiger charge is -2.52. The molecule has 33 heavy (non-hydrogen) atoms. The molecule has 4 rings (SSSR count). The van der Waals surface area contributed by atoms with E-state index in [2.05, 4.69) is 0 Å². The Morgan fingerprint density at radius 2 is 1.88 bits per heavy atom. The number of phenols is 1. The average molecular weight is 569 g/mol. The van der Waals surface area contributed by atoms with Gasteiger partial charge in [-0.3, -0.25) is 28.9 Å². The predicted molar refractivity (Wildman–Crippen MR) is 122 cm³/mol. The molecule has 2 fully saturated rings. The molecule has 1 aromatic carbocycles. The Morgan fingerprint density at radius 3 is 2.42 bits per heavy atom. The number of ketones is 4. The van der Waals surface area contributed by atoms with Gasteiger partial charge in [-0.2, -0.15) is 0 Å². The molecule has 0 heterocycles. The predicted octanol–water partition coefficient (Wildman–Crippen LogP) is -1.07. The number of hydrogen-bond acceptors (Lipinski definition) is 9. The van der Waals surface area contributed by atoms with E-state index in [0.29, 0.717) is 14.7 Å². The number of carbonyl (C=O) groups excluding carboxylic acids is 5. The normalized spacial score (nSPS) is 33.6. The summed E-state index contributed by atoms with van der Waals surface area (Å²) >= 11 is 1.86. The van der Waals surface area contributed by atoms with Gasteiger partial charge in [0.15, 0.2) is 34.7 Å². The highest BCUT2D eigenvalue weighted by Gasteiger charge is 2.69. The maximum atomic E-state index is 13.7. The fourth-order valence-electron chi connectivity index (χ4n) is 5.89. The van der Waals surface area contributed by atoms with Gasteiger partial charge in [0, 0.05) is 12.5 Å². The molecule has 0 spiro atoms. The Labute approximate surface area is 202 Å². The number of hydrogen-bond donors (Lipinski definition) is 4. The van der Waals surface area contributed by atoms with Crippen LogP contribution in [0.15, 0.2) is 6.07 Å². The van der Waals surface area contributed by atoms with Gasteiger partial charge in [-0.1, -0.05) is 0 Å². The first kappa shape index (κ1) is 23.9. The van der Waals surface area contributed by atoms with Crippen molar-refractivity contribution in [2.24, 2.45) is 35.1 Å². The fraction of sp³-hybridized carbons (Fsp3) is 0.500. The van der Waals surface area contributed by atoms with Crippen LogP contribution in [0.25, 0.3) is 0 Å². The second-order valence-electron chi connectivity index (χ2n) is 9.21. The number of carbonyl (C=O) groups is 5. The number of aromatic hydroxyl groups is 1. The van der Waals surface area contributed by atoms with E-state index in [0.717, 1.165) is 0 Å². The minimum Gasteiger partial charge on any atom is -0.506 e. The van der Waals surface area contributed by atoms with Crippen LogP contribution in [-0.4, -0.2) is 69.9 Å². The molecule has 3 aliphatic rings. The van der Waals surface area contributed by atoms with Crippen molar-refractivity contribution in [1.82, 2.24) is 4.90 Å². The molecule has 3 aliphatic carbocycles. The van der Waals surface area contributed by atoms with Crippen molar-refractivity contribution in [3.05, 3.63) is 26.3 Å². The summed E-state index contributed by atoms with van der Waals surface area (Å²) in [6.45, 7) is 0.113. The van der Waals surface area contributed by atoms with Crippen molar-refractivity contribution >= 4 is 51.6 Å². The van der Waals surface area contributed by atoms with Gasteiger partial charge in [0.2, 0.25) is 5.91 Å². The highest BCUT2D eigenvalue weighted by Crippen LogP contribution is 2.51. The molecule has 6 atom stereocenters. The third kappa shape index (κ3) is 3.12. The van der Waals surface area contributed by atoms with Crippen LogP contribution in [0.4, 0.5) is 0 Å². The van der Waals surface area contributed by atoms with Gasteiger partial charge in [0.05, 0.1) is 21.1 Å². The van der Waals surface area contributed by atoms with Crippen LogP contribution in [0.5, 0.6) is 5.75 Å². The van der Waals surface area contributed by atoms with E-state index in [1.807, 2.05) is 22.6 Å². The molecule has 1 aromatic rings. The van der Waals surface area contributed by atoms with Crippen molar-refractivity contribution in [2.75, 3.05) is 14.1 Å². The molecule has 176 valence electrons. The zero-order chi connectivity index (χ0) is 24.6. The van der Waals surface area contributed by atoms with E-state index in [1.54, 1.807) is 20.2 Å². The SMILES string of the molecule is CN(C)[C@@H]1C(=O)C(C(N)=O)C(=O)[C@@]2(O)C(=O)C3C(=O)c4c(O)c(I)cc(CN)c4C[C@H]3C[C@@H]12. The van der Waals surface area contributed by atoms with Gasteiger partial charge in [-0.05, 0) is 72.6 Å². The number of aliphatic hydroxyl groups is 1. The quantitative estimate of drug-likeness (QED) is 0.260. The number of primary amides is 1. The number of fused-ring (bicyclic) bond motifs is 3. The second kappa shape index (κ2) is 7.93. The molecule has 1 amide bonds. The molecule has 6 N–H and O–H groups in total. The molecule has 0 bridgehead atoms. The molecule has 2 unspecified atom stereocenters. The number of rotatable bonds is 3. The van der Waals surface area contributed by atoms with Gasteiger partial charge in [0.25, 0.3) is 0 Å². The third-order valence-corrected chi connectivity index (χ3v) is 8.15. The zero-order valence-corrected chi connectivity index (χ0v) is 20.2. The Hall–Kier alpha value is -2.22. The van der Waals surface area contributed by atoms with Crippen molar-refractivity contribution in [1.29, 1.82) is 0 Å². The van der Waals surface area contributed by atoms with Crippen molar-refractivity contribution in [3.63, 3.8) is 0 Å². The lowest BCUT2D eigenvalue weighted by molar-refractivity contribution is -0.181. The highest BCUT2D eigenvalue weighted by atomic mass is 127. The third-order valence-electron chi connectivity index (χ3n) is 7.33. The van der Waals surface area contributed by atoms with Crippen LogP contribution in [0.2, 0.25) is 0 Å². The summed E-state index contributed by atoms with van der Waals surface area (Å²) < 4.78 is 0.388. The minimum atomic E-state index is -2.72. The van der Waals surface area contributed by atoms with Crippen LogP contribution in [0, 0.1) is 27.2 Å². The van der Waals surface area contributed by atoms with Gasteiger partial charge in [0.1, 0.15) is 5.75 Å². The Kier molecular flexibility index (Phi) is 5.75. The first-order valence-corrected chi connectivity index (χ1v) is 11.5. The minimum absolute atomic E-state index is 0.0145. The molecule has 0 saturated heterocycles. The molecule has 0 radical (unpaired) electrons. The maximum absolute atomic E-state index is 13.7. The fourth-order valence-corrected chi connectivity index (χ4v) is 6.54. The van der Waals surface area contributed by atoms with E-state index in [1.165, 1.54) is 4.90 Å². The first-order chi connectivity index (χ1) is 15.4. The zero-order valence-electron chi connectivity index (χ0n) is 18.0. The first-order valence-electron chi connectivity index (χ1n) is 10.5. The van der Waals surface area contributed by atoms with Crippen molar-refractivity contribution in [2.45, 2.75) is 31.0 Å². The summed E-state index contributed by atoms with van der Waals surface area (Å²) in [5.41, 5.74) is 9.59. The van der Waals surface area contributed by atoms with Crippen LogP contribution >= 0.6 is 22.6 Å². The Morgan fingerprint density at radius 1 is 1.24 bits per heavy atom. The second-order valence-corrected chi connectivity index (χ2v) is 10.4. The molecular weight excluding hydrogens is 545 g/mol. The summed E-state index contributed by atoms with van der Waals surface area (Å²) in [5, 5.41) is 22.1. The van der Waals surface area contributed by atoms with Crippen LogP contribution in [0.1, 0.15) is 27.9 Å². The van der Waals surface area contributed by atoms with E-state index < -0.39 is 64.4 Å². The van der Waals surface area contributed by atoms with Gasteiger partial charge in [-0.25, -0.2) is 0 Å². The lowest BCUT2D eigenvalue weighted by Crippen LogP contribution is -2.74. The summed E-state index contributed by atoms with van der Waals surface area (Å²) in [6, 6.07) is 0.558. The number of benzene rings is 1. The van der Waals surface area contributed by atoms with Gasteiger partial charge >= 0.3 is 0 Å². The molecule has 10 nitrogen and oxygen atoms in total. The smallest absolute Gasteiger partial charge is 0.235 e. The van der Waals surface area contributed by atoms with Gasteiger partial charge < -0.3 is 21.7 Å². The number of nitrogens with zero attached hydrogens (tertiary/aromatic N) is 1. The topological polar surface area (TPSA) is 181 Å². The molecule has 0 aromatic heterocycles. The van der Waals surface area contributed by atoms with Crippen molar-refractivity contribution < 1.29 is 34.2 Å². The summed E-state index contributed by atoms with van der Waals surface area (Å²) in [7, 11) is 3.09. The number of Topliss-reactive ketones (excluding diaryl/α,β-unsaturated/α-hetero) is 4. The molecule has 0 aliphatic heterocycles. The summed E-state index contributed by atoms with van der Waals surface area (Å²) in [5.74, 6) is -10.5. The number of amides is 1. The summed E-state index contributed by atoms with van der Waals surface area (Å²) in [6.07, 6.45) is 0.226. The molecule has 2 saturated carbocycles. The number of halogens is 1. The largest absolute Gasteiger partial charge is 0.506 e. The number of phenolic OH excluding ortho intramolecular Hbond substituents is 1. The number of likely N-dealkylation sites (N-methyl/N-ethyl adjacent to an activating group) is 1. The lowest BCUT2D eigenvalue weighted by atomic mass is 9.52. The monoisotopic (exact) mass is 569 g/mol. The van der Waals surface area contributed by atoms with Gasteiger partial charge in [-0.15, -0.1) is 0 Å².